The van der Waals surface area contributed by atoms with Crippen LogP contribution in [0, 0.1) is 5.92 Å². The molecule has 0 aliphatic carbocycles. The summed E-state index contributed by atoms with van der Waals surface area (Å²) in [6.07, 6.45) is 2.04. The lowest BCUT2D eigenvalue weighted by molar-refractivity contribution is 0.00947. The monoisotopic (exact) mass is 198 g/mol. The molecule has 2 saturated heterocycles. The number of cyclic esters (lactones) is 1. The van der Waals surface area contributed by atoms with Crippen molar-refractivity contribution in [3.05, 3.63) is 0 Å². The summed E-state index contributed by atoms with van der Waals surface area (Å²) in [4.78, 5) is 13.0. The van der Waals surface area contributed by atoms with Crippen LogP contribution in [0.3, 0.4) is 0 Å². The molecule has 1 unspecified atom stereocenters. The zero-order chi connectivity index (χ0) is 10.2. The molecule has 2 heterocycles. The van der Waals surface area contributed by atoms with Gasteiger partial charge in [-0.15, -0.1) is 0 Å². The third-order valence-corrected chi connectivity index (χ3v) is 3.39. The van der Waals surface area contributed by atoms with Crippen LogP contribution in [0.5, 0.6) is 0 Å². The summed E-state index contributed by atoms with van der Waals surface area (Å²) in [5, 5.41) is 3.32. The Hall–Kier alpha value is -0.770. The molecule has 0 aromatic heterocycles. The van der Waals surface area contributed by atoms with Gasteiger partial charge in [0.1, 0.15) is 5.60 Å². The van der Waals surface area contributed by atoms with E-state index < -0.39 is 0 Å². The van der Waals surface area contributed by atoms with E-state index in [1.54, 1.807) is 11.9 Å². The molecule has 0 radical (unpaired) electrons. The maximum atomic E-state index is 11.3. The second-order valence-electron chi connectivity index (χ2n) is 4.56. The Kier molecular flexibility index (Phi) is 2.39. The maximum absolute atomic E-state index is 11.3. The van der Waals surface area contributed by atoms with Gasteiger partial charge in [-0.2, -0.15) is 0 Å². The molecule has 0 spiro atoms. The lowest BCUT2D eigenvalue weighted by Gasteiger charge is -2.34. The molecular weight excluding hydrogens is 180 g/mol. The minimum Gasteiger partial charge on any atom is -0.441 e. The van der Waals surface area contributed by atoms with E-state index in [1.165, 1.54) is 0 Å². The van der Waals surface area contributed by atoms with Gasteiger partial charge < -0.3 is 15.0 Å². The number of carbonyl (C=O) groups is 1. The standard InChI is InChI=1S/C10H18N2O2/c1-10(7-12(2)9(13)14-10)8-3-5-11-6-4-8/h8,11H,3-7H2,1-2H3. The van der Waals surface area contributed by atoms with Crippen molar-refractivity contribution in [3.8, 4) is 0 Å². The van der Waals surface area contributed by atoms with E-state index in [0.29, 0.717) is 5.92 Å². The maximum Gasteiger partial charge on any atom is 0.410 e. The molecule has 2 fully saturated rings. The minimum atomic E-state index is -0.256. The van der Waals surface area contributed by atoms with Crippen molar-refractivity contribution >= 4 is 6.09 Å². The molecule has 0 bridgehead atoms. The first kappa shape index (κ1) is 9.77. The first-order valence-electron chi connectivity index (χ1n) is 5.27. The van der Waals surface area contributed by atoms with E-state index in [-0.39, 0.29) is 11.7 Å². The number of hydrogen-bond acceptors (Lipinski definition) is 3. The van der Waals surface area contributed by atoms with E-state index in [0.717, 1.165) is 32.5 Å². The molecule has 1 amide bonds. The molecule has 4 heteroatoms. The zero-order valence-electron chi connectivity index (χ0n) is 8.88. The predicted molar refractivity (Wildman–Crippen MR) is 53.1 cm³/mol. The van der Waals surface area contributed by atoms with Gasteiger partial charge in [-0.25, -0.2) is 4.79 Å². The van der Waals surface area contributed by atoms with Crippen molar-refractivity contribution in [2.45, 2.75) is 25.4 Å². The fourth-order valence-corrected chi connectivity index (χ4v) is 2.49. The summed E-state index contributed by atoms with van der Waals surface area (Å²) in [5.74, 6) is 0.512. The minimum absolute atomic E-state index is 0.175. The van der Waals surface area contributed by atoms with Gasteiger partial charge in [0.15, 0.2) is 0 Å². The van der Waals surface area contributed by atoms with Crippen molar-refractivity contribution in [1.82, 2.24) is 10.2 Å². The van der Waals surface area contributed by atoms with Crippen molar-refractivity contribution in [2.75, 3.05) is 26.7 Å². The Morgan fingerprint density at radius 3 is 2.64 bits per heavy atom. The summed E-state index contributed by atoms with van der Waals surface area (Å²) in [5.41, 5.74) is -0.256. The number of nitrogens with zero attached hydrogens (tertiary/aromatic N) is 1. The topological polar surface area (TPSA) is 41.6 Å². The van der Waals surface area contributed by atoms with Crippen LogP contribution < -0.4 is 5.32 Å². The third kappa shape index (κ3) is 1.59. The van der Waals surface area contributed by atoms with Gasteiger partial charge in [0.05, 0.1) is 6.54 Å². The number of amides is 1. The molecule has 1 atom stereocenters. The second-order valence-corrected chi connectivity index (χ2v) is 4.56. The van der Waals surface area contributed by atoms with Gasteiger partial charge in [-0.1, -0.05) is 0 Å². The zero-order valence-corrected chi connectivity index (χ0v) is 8.88. The number of rotatable bonds is 1. The van der Waals surface area contributed by atoms with Gasteiger partial charge >= 0.3 is 6.09 Å². The largest absolute Gasteiger partial charge is 0.441 e. The van der Waals surface area contributed by atoms with Gasteiger partial charge in [0, 0.05) is 13.0 Å². The summed E-state index contributed by atoms with van der Waals surface area (Å²) >= 11 is 0. The van der Waals surface area contributed by atoms with Crippen LogP contribution in [-0.4, -0.2) is 43.3 Å². The molecule has 2 rings (SSSR count). The highest BCUT2D eigenvalue weighted by molar-refractivity contribution is 5.70. The molecule has 2 aliphatic heterocycles. The first-order valence-corrected chi connectivity index (χ1v) is 5.27. The number of carbonyl (C=O) groups excluding carboxylic acids is 1. The highest BCUT2D eigenvalue weighted by atomic mass is 16.6. The molecule has 4 nitrogen and oxygen atoms in total. The first-order chi connectivity index (χ1) is 6.62. The number of ether oxygens (including phenoxy) is 1. The van der Waals surface area contributed by atoms with Crippen LogP contribution in [0.15, 0.2) is 0 Å². The van der Waals surface area contributed by atoms with Gasteiger partial charge in [-0.3, -0.25) is 0 Å². The van der Waals surface area contributed by atoms with Gasteiger partial charge in [-0.05, 0) is 32.9 Å². The van der Waals surface area contributed by atoms with Crippen molar-refractivity contribution in [3.63, 3.8) is 0 Å². The predicted octanol–water partition coefficient (Wildman–Crippen LogP) is 0.827. The number of nitrogens with one attached hydrogen (secondary N) is 1. The summed E-state index contributed by atoms with van der Waals surface area (Å²) in [6.45, 7) is 4.88. The van der Waals surface area contributed by atoms with E-state index in [4.69, 9.17) is 4.74 Å². The van der Waals surface area contributed by atoms with Crippen molar-refractivity contribution in [2.24, 2.45) is 5.92 Å². The Bertz CT molecular complexity index is 238. The fourth-order valence-electron chi connectivity index (χ4n) is 2.49. The van der Waals surface area contributed by atoms with E-state index in [9.17, 15) is 4.79 Å². The van der Waals surface area contributed by atoms with Crippen LogP contribution in [-0.2, 0) is 4.74 Å². The Labute approximate surface area is 84.6 Å². The third-order valence-electron chi connectivity index (χ3n) is 3.39. The van der Waals surface area contributed by atoms with Crippen molar-refractivity contribution in [1.29, 1.82) is 0 Å². The van der Waals surface area contributed by atoms with Crippen LogP contribution in [0.1, 0.15) is 19.8 Å². The molecule has 0 aromatic carbocycles. The lowest BCUT2D eigenvalue weighted by atomic mass is 9.82. The van der Waals surface area contributed by atoms with E-state index in [2.05, 4.69) is 12.2 Å². The van der Waals surface area contributed by atoms with Crippen LogP contribution in [0.2, 0.25) is 0 Å². The number of hydrogen-bond donors (Lipinski definition) is 1. The smallest absolute Gasteiger partial charge is 0.410 e. The average Bonchev–Trinajstić information content (AvgIpc) is 2.44. The molecule has 0 saturated carbocycles. The summed E-state index contributed by atoms with van der Waals surface area (Å²) < 4.78 is 5.46. The quantitative estimate of drug-likeness (QED) is 0.678. The fraction of sp³-hybridized carbons (Fsp3) is 0.900. The van der Waals surface area contributed by atoms with Crippen LogP contribution in [0.4, 0.5) is 4.79 Å². The van der Waals surface area contributed by atoms with Crippen molar-refractivity contribution < 1.29 is 9.53 Å². The average molecular weight is 198 g/mol. The van der Waals surface area contributed by atoms with Gasteiger partial charge in [0.2, 0.25) is 0 Å². The highest BCUT2D eigenvalue weighted by Gasteiger charge is 2.45. The molecule has 0 aromatic rings. The Morgan fingerprint density at radius 1 is 1.50 bits per heavy atom. The SMILES string of the molecule is CN1CC(C)(C2CCNCC2)OC1=O. The molecule has 2 aliphatic rings. The lowest BCUT2D eigenvalue weighted by Crippen LogP contribution is -2.44. The molecule has 14 heavy (non-hydrogen) atoms. The Balaban J connectivity index is 2.04. The number of piperidine rings is 1. The second kappa shape index (κ2) is 3.42. The van der Waals surface area contributed by atoms with Crippen LogP contribution >= 0.6 is 0 Å². The highest BCUT2D eigenvalue weighted by Crippen LogP contribution is 2.34. The van der Waals surface area contributed by atoms with E-state index in [1.807, 2.05) is 0 Å². The van der Waals surface area contributed by atoms with E-state index >= 15 is 0 Å². The molecule has 80 valence electrons. The number of likely N-dealkylation sites (N-methyl/N-ethyl adjacent to an activating group) is 1. The van der Waals surface area contributed by atoms with Crippen LogP contribution in [0.25, 0.3) is 0 Å². The molecule has 1 N–H and O–H groups in total. The van der Waals surface area contributed by atoms with Gasteiger partial charge in [0.25, 0.3) is 0 Å². The summed E-state index contributed by atoms with van der Waals surface area (Å²) in [6, 6.07) is 0. The summed E-state index contributed by atoms with van der Waals surface area (Å²) in [7, 11) is 1.80. The molecular formula is C10H18N2O2. The Morgan fingerprint density at radius 2 is 2.14 bits per heavy atom. The normalized spacial score (nSPS) is 34.7.